The number of unbranched alkanes of at least 4 members (excludes halogenated alkanes) is 1. The van der Waals surface area contributed by atoms with Crippen molar-refractivity contribution in [3.8, 4) is 0 Å². The Morgan fingerprint density at radius 1 is 1.38 bits per heavy atom. The van der Waals surface area contributed by atoms with Crippen molar-refractivity contribution in [3.05, 3.63) is 6.92 Å². The molecule has 0 amide bonds. The Hall–Kier alpha value is 0.557. The third kappa shape index (κ3) is 31.0. The van der Waals surface area contributed by atoms with Crippen molar-refractivity contribution in [2.45, 2.75) is 26.7 Å². The molecule has 2 N–H and O–H groups in total. The van der Waals surface area contributed by atoms with Crippen LogP contribution in [0.15, 0.2) is 0 Å². The molecule has 1 nitrogen and oxygen atoms in total. The van der Waals surface area contributed by atoms with Crippen LogP contribution in [0.4, 0.5) is 0 Å². The summed E-state index contributed by atoms with van der Waals surface area (Å²) in [6.07, 6.45) is 2.39. The number of hydrogen-bond donors (Lipinski definition) is 1. The fourth-order valence-corrected chi connectivity index (χ4v) is 0.204. The minimum absolute atomic E-state index is 0. The van der Waals surface area contributed by atoms with Gasteiger partial charge in [-0.2, -0.15) is 6.92 Å². The molecule has 0 saturated heterocycles. The molecule has 0 rings (SSSR count). The van der Waals surface area contributed by atoms with Gasteiger partial charge < -0.3 is 12.7 Å². The van der Waals surface area contributed by atoms with Crippen LogP contribution in [0.2, 0.25) is 0 Å². The van der Waals surface area contributed by atoms with Gasteiger partial charge in [0.2, 0.25) is 0 Å². The average molecular weight is 109 g/mol. The Balaban J connectivity index is -0.0000000750. The Kier molecular flexibility index (Phi) is 50.8. The molecule has 0 saturated carbocycles. The smallest absolute Gasteiger partial charge is 0.346 e. The van der Waals surface area contributed by atoms with Gasteiger partial charge in [0, 0.05) is 0 Å². The Labute approximate surface area is 65.2 Å². The fourth-order valence-electron chi connectivity index (χ4n) is 0.204. The van der Waals surface area contributed by atoms with Crippen molar-refractivity contribution in [2.75, 3.05) is 6.54 Å². The number of rotatable bonds is 2. The number of hydrogen-bond acceptors (Lipinski definition) is 1. The summed E-state index contributed by atoms with van der Waals surface area (Å²) in [4.78, 5) is 0. The van der Waals surface area contributed by atoms with E-state index in [-0.39, 0.29) is 18.9 Å². The SMILES string of the molecule is CCCCN.[CH2-]C.[Li+]. The molecule has 0 spiro atoms. The van der Waals surface area contributed by atoms with E-state index in [2.05, 4.69) is 13.8 Å². The van der Waals surface area contributed by atoms with Crippen LogP contribution >= 0.6 is 0 Å². The summed E-state index contributed by atoms with van der Waals surface area (Å²) in [6, 6.07) is 0. The van der Waals surface area contributed by atoms with E-state index < -0.39 is 0 Å². The van der Waals surface area contributed by atoms with Gasteiger partial charge in [0.05, 0.1) is 0 Å². The summed E-state index contributed by atoms with van der Waals surface area (Å²) in [5.41, 5.74) is 5.14. The Morgan fingerprint density at radius 3 is 1.75 bits per heavy atom. The largest absolute Gasteiger partial charge is 1.00 e. The van der Waals surface area contributed by atoms with E-state index in [1.165, 1.54) is 12.8 Å². The molecular formula is C6H16LiN. The standard InChI is InChI=1S/C4H11N.C2H5.Li/c1-2-3-4-5;1-2;/h2-5H2,1H3;1H2,2H3;/q;-1;+1. The van der Waals surface area contributed by atoms with Gasteiger partial charge in [0.25, 0.3) is 0 Å². The predicted molar refractivity (Wildman–Crippen MR) is 35.0 cm³/mol. The molecule has 2 heteroatoms. The summed E-state index contributed by atoms with van der Waals surface area (Å²) in [5.74, 6) is 0. The quantitative estimate of drug-likeness (QED) is 0.342. The molecule has 0 aromatic rings. The molecular weight excluding hydrogens is 93.0 g/mol. The molecule has 0 aliphatic heterocycles. The van der Waals surface area contributed by atoms with E-state index in [1.807, 2.05) is 0 Å². The van der Waals surface area contributed by atoms with Crippen LogP contribution in [-0.2, 0) is 0 Å². The van der Waals surface area contributed by atoms with Gasteiger partial charge in [-0.15, -0.1) is 0 Å². The van der Waals surface area contributed by atoms with Crippen molar-refractivity contribution in [1.82, 2.24) is 0 Å². The average Bonchev–Trinajstić information content (AvgIpc) is 1.75. The van der Waals surface area contributed by atoms with Gasteiger partial charge in [-0.05, 0) is 13.0 Å². The molecule has 46 valence electrons. The molecule has 8 heavy (non-hydrogen) atoms. The summed E-state index contributed by atoms with van der Waals surface area (Å²) in [7, 11) is 0. The molecule has 0 aromatic carbocycles. The first kappa shape index (κ1) is 15.8. The van der Waals surface area contributed by atoms with Gasteiger partial charge in [-0.3, -0.25) is 0 Å². The summed E-state index contributed by atoms with van der Waals surface area (Å²) in [6.45, 7) is 7.98. The Bertz CT molecular complexity index is 16.0. The summed E-state index contributed by atoms with van der Waals surface area (Å²) >= 11 is 0. The van der Waals surface area contributed by atoms with Crippen molar-refractivity contribution in [1.29, 1.82) is 0 Å². The van der Waals surface area contributed by atoms with Crippen molar-refractivity contribution in [3.63, 3.8) is 0 Å². The van der Waals surface area contributed by atoms with E-state index in [9.17, 15) is 0 Å². The zero-order valence-corrected chi connectivity index (χ0v) is 6.41. The monoisotopic (exact) mass is 109 g/mol. The van der Waals surface area contributed by atoms with Gasteiger partial charge in [0.15, 0.2) is 0 Å². The van der Waals surface area contributed by atoms with Crippen LogP contribution in [0, 0.1) is 6.92 Å². The second-order valence-electron chi connectivity index (χ2n) is 1.14. The topological polar surface area (TPSA) is 26.0 Å². The zero-order chi connectivity index (χ0) is 6.12. The second kappa shape index (κ2) is 25.7. The molecule has 0 aliphatic rings. The third-order valence-corrected chi connectivity index (χ3v) is 0.558. The Morgan fingerprint density at radius 2 is 1.75 bits per heavy atom. The van der Waals surface area contributed by atoms with Gasteiger partial charge in [-0.1, -0.05) is 13.3 Å². The van der Waals surface area contributed by atoms with E-state index >= 15 is 0 Å². The minimum atomic E-state index is 0. The van der Waals surface area contributed by atoms with Crippen LogP contribution < -0.4 is 24.6 Å². The maximum Gasteiger partial charge on any atom is 1.00 e. The van der Waals surface area contributed by atoms with Crippen LogP contribution in [0.3, 0.4) is 0 Å². The van der Waals surface area contributed by atoms with Gasteiger partial charge in [-0.25, -0.2) is 0 Å². The van der Waals surface area contributed by atoms with Crippen molar-refractivity contribution < 1.29 is 18.9 Å². The van der Waals surface area contributed by atoms with Crippen LogP contribution in [-0.4, -0.2) is 6.54 Å². The predicted octanol–water partition coefficient (Wildman–Crippen LogP) is -1.41. The fraction of sp³-hybridized carbons (Fsp3) is 0.833. The van der Waals surface area contributed by atoms with E-state index in [0.717, 1.165) is 6.54 Å². The third-order valence-electron chi connectivity index (χ3n) is 0.558. The summed E-state index contributed by atoms with van der Waals surface area (Å²) in [5, 5.41) is 0. The molecule has 0 heterocycles. The van der Waals surface area contributed by atoms with Crippen LogP contribution in [0.1, 0.15) is 26.7 Å². The molecule has 0 fully saturated rings. The molecule has 0 aliphatic carbocycles. The molecule has 0 aromatic heterocycles. The first-order chi connectivity index (χ1) is 3.41. The van der Waals surface area contributed by atoms with E-state index in [1.54, 1.807) is 6.92 Å². The minimum Gasteiger partial charge on any atom is -0.346 e. The van der Waals surface area contributed by atoms with E-state index in [0.29, 0.717) is 0 Å². The van der Waals surface area contributed by atoms with Crippen LogP contribution in [0.25, 0.3) is 0 Å². The number of nitrogens with two attached hydrogens (primary N) is 1. The molecule has 0 unspecified atom stereocenters. The normalized spacial score (nSPS) is 6.00. The van der Waals surface area contributed by atoms with E-state index in [4.69, 9.17) is 5.73 Å². The van der Waals surface area contributed by atoms with Crippen molar-refractivity contribution in [2.24, 2.45) is 5.73 Å². The maximum atomic E-state index is 5.14. The maximum absolute atomic E-state index is 5.14. The second-order valence-corrected chi connectivity index (χ2v) is 1.14. The molecule has 0 bridgehead atoms. The first-order valence-corrected chi connectivity index (χ1v) is 2.82. The van der Waals surface area contributed by atoms with Gasteiger partial charge in [0.1, 0.15) is 0 Å². The molecule has 0 radical (unpaired) electrons. The zero-order valence-electron chi connectivity index (χ0n) is 6.41. The van der Waals surface area contributed by atoms with Gasteiger partial charge >= 0.3 is 18.9 Å². The first-order valence-electron chi connectivity index (χ1n) is 2.82. The van der Waals surface area contributed by atoms with Crippen molar-refractivity contribution >= 4 is 0 Å². The summed E-state index contributed by atoms with van der Waals surface area (Å²) < 4.78 is 0. The van der Waals surface area contributed by atoms with Crippen LogP contribution in [0.5, 0.6) is 0 Å². The molecule has 0 atom stereocenters.